The largest absolute Gasteiger partial charge is 0.216 e. The minimum Gasteiger partial charge on any atom is -0.216 e. The van der Waals surface area contributed by atoms with Gasteiger partial charge in [-0.2, -0.15) is 0 Å². The minimum atomic E-state index is 0.260. The third kappa shape index (κ3) is 3.96. The fourth-order valence-corrected chi connectivity index (χ4v) is 0.101. The molecule has 0 aromatic heterocycles. The summed E-state index contributed by atoms with van der Waals surface area (Å²) in [6.07, 6.45) is 1.65. The van der Waals surface area contributed by atoms with E-state index in [0.29, 0.717) is 6.33 Å². The van der Waals surface area contributed by atoms with Crippen LogP contribution in [0.1, 0.15) is 0 Å². The highest BCUT2D eigenvalue weighted by Gasteiger charge is 1.57. The zero-order valence-electron chi connectivity index (χ0n) is 2.62. The number of rotatable bonds is 1. The van der Waals surface area contributed by atoms with Crippen molar-refractivity contribution in [1.29, 1.82) is 0 Å². The Balaban J connectivity index is 2.62. The van der Waals surface area contributed by atoms with Crippen LogP contribution >= 0.6 is 11.6 Å². The van der Waals surface area contributed by atoms with Crippen molar-refractivity contribution in [3.63, 3.8) is 0 Å². The first kappa shape index (κ1) is 4.96. The van der Waals surface area contributed by atoms with Crippen molar-refractivity contribution >= 4 is 11.6 Å². The monoisotopic (exact) mass is 94.0 g/mol. The molecular weight excluding hydrogens is 90.5 g/mol. The summed E-state index contributed by atoms with van der Waals surface area (Å²) in [5, 5.41) is 0. The smallest absolute Gasteiger partial charge is 0.0838 e. The molecule has 5 heavy (non-hydrogen) atoms. The molecule has 0 radical (unpaired) electrons. The Kier molecular flexibility index (Phi) is 3.93. The van der Waals surface area contributed by atoms with E-state index in [9.17, 15) is 4.39 Å². The van der Waals surface area contributed by atoms with E-state index in [1.54, 1.807) is 0 Å². The fourth-order valence-electron chi connectivity index (χ4n) is 0.0337. The highest BCUT2D eigenvalue weighted by atomic mass is 35.5. The predicted molar refractivity (Wildman–Crippen MR) is 21.0 cm³/mol. The quantitative estimate of drug-likeness (QED) is 0.434. The highest BCUT2D eigenvalue weighted by Crippen LogP contribution is 1.75. The molecule has 2 heteroatoms. The lowest BCUT2D eigenvalue weighted by Crippen LogP contribution is -1.49. The van der Waals surface area contributed by atoms with Gasteiger partial charge in [-0.1, -0.05) is 0 Å². The molecule has 0 saturated heterocycles. The average molecular weight is 94.5 g/mol. The maximum absolute atomic E-state index is 10.7. The first-order chi connectivity index (χ1) is 2.41. The van der Waals surface area contributed by atoms with Gasteiger partial charge in [0.05, 0.1) is 6.33 Å². The molecule has 0 saturated carbocycles. The fraction of sp³-hybridized carbons (Fsp3) is 0.333. The Morgan fingerprint density at radius 2 is 2.40 bits per heavy atom. The summed E-state index contributed by atoms with van der Waals surface area (Å²) in [6.45, 7) is 0. The van der Waals surface area contributed by atoms with Crippen molar-refractivity contribution in [2.75, 3.05) is 5.88 Å². The van der Waals surface area contributed by atoms with Crippen molar-refractivity contribution in [2.45, 2.75) is 0 Å². The molecule has 0 N–H and O–H groups in total. The summed E-state index contributed by atoms with van der Waals surface area (Å²) < 4.78 is 10.7. The maximum Gasteiger partial charge on any atom is 0.0838 e. The van der Waals surface area contributed by atoms with Gasteiger partial charge in [-0.15, -0.1) is 11.6 Å². The van der Waals surface area contributed by atoms with Crippen LogP contribution in [0.25, 0.3) is 0 Å². The molecule has 0 atom stereocenters. The summed E-state index contributed by atoms with van der Waals surface area (Å²) in [7, 11) is 0. The van der Waals surface area contributed by atoms with Crippen LogP contribution in [0.2, 0.25) is 0 Å². The molecule has 0 nitrogen and oxygen atoms in total. The minimum absolute atomic E-state index is 0.260. The molecule has 0 spiro atoms. The van der Waals surface area contributed by atoms with Crippen LogP contribution in [-0.2, 0) is 0 Å². The second-order valence-corrected chi connectivity index (χ2v) is 0.825. The SMILES string of the molecule is F/C=C/CCl. The predicted octanol–water partition coefficient (Wildman–Crippen LogP) is 1.71. The molecule has 0 heterocycles. The zero-order valence-corrected chi connectivity index (χ0v) is 3.37. The van der Waals surface area contributed by atoms with E-state index >= 15 is 0 Å². The second-order valence-electron chi connectivity index (χ2n) is 0.516. The molecule has 0 rings (SSSR count). The van der Waals surface area contributed by atoms with Crippen LogP contribution in [0.15, 0.2) is 12.4 Å². The van der Waals surface area contributed by atoms with Crippen LogP contribution in [0, 0.1) is 0 Å². The lowest BCUT2D eigenvalue weighted by Gasteiger charge is -1.60. The zero-order chi connectivity index (χ0) is 4.12. The number of hydrogen-bond donors (Lipinski definition) is 0. The number of hydrogen-bond acceptors (Lipinski definition) is 0. The Morgan fingerprint density at radius 3 is 2.40 bits per heavy atom. The van der Waals surface area contributed by atoms with Crippen molar-refractivity contribution in [3.05, 3.63) is 12.4 Å². The Labute approximate surface area is 35.2 Å². The summed E-state index contributed by atoms with van der Waals surface area (Å²) in [4.78, 5) is 0. The van der Waals surface area contributed by atoms with Crippen molar-refractivity contribution in [3.8, 4) is 0 Å². The van der Waals surface area contributed by atoms with Crippen molar-refractivity contribution in [2.24, 2.45) is 0 Å². The van der Waals surface area contributed by atoms with Crippen molar-refractivity contribution in [1.82, 2.24) is 0 Å². The molecule has 0 aliphatic rings. The molecule has 0 aromatic rings. The molecule has 0 aromatic carbocycles. The van der Waals surface area contributed by atoms with Crippen LogP contribution < -0.4 is 0 Å². The van der Waals surface area contributed by atoms with Gasteiger partial charge >= 0.3 is 0 Å². The van der Waals surface area contributed by atoms with Crippen LogP contribution in [0.5, 0.6) is 0 Å². The Bertz CT molecular complexity index is 33.9. The molecule has 0 bridgehead atoms. The first-order valence-corrected chi connectivity index (χ1v) is 1.76. The standard InChI is InChI=1S/C3H4ClF/c4-2-1-3-5/h1,3H,2H2/b3-1+. The molecule has 0 aliphatic carbocycles. The molecule has 0 amide bonds. The van der Waals surface area contributed by atoms with Crippen LogP contribution in [-0.4, -0.2) is 5.88 Å². The Morgan fingerprint density at radius 1 is 1.80 bits per heavy atom. The van der Waals surface area contributed by atoms with E-state index in [0.717, 1.165) is 0 Å². The van der Waals surface area contributed by atoms with Gasteiger partial charge in [0.2, 0.25) is 0 Å². The highest BCUT2D eigenvalue weighted by molar-refractivity contribution is 6.18. The molecule has 0 aliphatic heterocycles. The van der Waals surface area contributed by atoms with Gasteiger partial charge in [-0.3, -0.25) is 0 Å². The lowest BCUT2D eigenvalue weighted by atomic mass is 10.8. The van der Waals surface area contributed by atoms with Gasteiger partial charge in [0, 0.05) is 5.88 Å². The van der Waals surface area contributed by atoms with E-state index < -0.39 is 0 Å². The number of alkyl halides is 1. The molecular formula is C3H4ClF. The van der Waals surface area contributed by atoms with E-state index in [4.69, 9.17) is 11.6 Å². The second kappa shape index (κ2) is 3.96. The molecule has 0 unspecified atom stereocenters. The molecule has 30 valence electrons. The first-order valence-electron chi connectivity index (χ1n) is 1.23. The van der Waals surface area contributed by atoms with Gasteiger partial charge in [-0.05, 0) is 6.08 Å². The van der Waals surface area contributed by atoms with E-state index in [-0.39, 0.29) is 5.88 Å². The van der Waals surface area contributed by atoms with Gasteiger partial charge in [0.15, 0.2) is 0 Å². The van der Waals surface area contributed by atoms with E-state index in [1.165, 1.54) is 6.08 Å². The van der Waals surface area contributed by atoms with Crippen LogP contribution in [0.4, 0.5) is 4.39 Å². The number of allylic oxidation sites excluding steroid dienone is 1. The van der Waals surface area contributed by atoms with Gasteiger partial charge in [0.1, 0.15) is 0 Å². The number of halogens is 2. The normalized spacial score (nSPS) is 10.0. The van der Waals surface area contributed by atoms with Gasteiger partial charge in [-0.25, -0.2) is 4.39 Å². The van der Waals surface area contributed by atoms with Crippen molar-refractivity contribution < 1.29 is 4.39 Å². The summed E-state index contributed by atoms with van der Waals surface area (Å²) in [5.74, 6) is 0.260. The average Bonchev–Trinajstić information content (AvgIpc) is 1.41. The van der Waals surface area contributed by atoms with Gasteiger partial charge in [0.25, 0.3) is 0 Å². The maximum atomic E-state index is 10.7. The van der Waals surface area contributed by atoms with Crippen LogP contribution in [0.3, 0.4) is 0 Å². The van der Waals surface area contributed by atoms with Gasteiger partial charge < -0.3 is 0 Å². The topological polar surface area (TPSA) is 0 Å². The van der Waals surface area contributed by atoms with E-state index in [1.807, 2.05) is 0 Å². The summed E-state index contributed by atoms with van der Waals surface area (Å²) in [5.41, 5.74) is 0. The third-order valence-electron chi connectivity index (χ3n) is 0.178. The lowest BCUT2D eigenvalue weighted by molar-refractivity contribution is 0.719. The summed E-state index contributed by atoms with van der Waals surface area (Å²) in [6, 6.07) is 0. The summed E-state index contributed by atoms with van der Waals surface area (Å²) >= 11 is 4.97. The Hall–Kier alpha value is -0.0400. The molecule has 0 fully saturated rings. The van der Waals surface area contributed by atoms with E-state index in [2.05, 4.69) is 0 Å². The third-order valence-corrected chi connectivity index (χ3v) is 0.356.